The van der Waals surface area contributed by atoms with Gasteiger partial charge in [0, 0.05) is 39.9 Å². The minimum Gasteiger partial charge on any atom is -0.494 e. The number of aromatic nitrogens is 1. The predicted octanol–water partition coefficient (Wildman–Crippen LogP) is 6.42. The maximum atomic E-state index is 13.1. The van der Waals surface area contributed by atoms with Crippen molar-refractivity contribution in [3.05, 3.63) is 100 Å². The van der Waals surface area contributed by atoms with Crippen LogP contribution in [0.2, 0.25) is 5.02 Å². The molecular formula is C29H24ClN3O4S. The second kappa shape index (κ2) is 11.2. The molecule has 0 bridgehead atoms. The molecule has 192 valence electrons. The molecule has 0 saturated carbocycles. The molecule has 7 nitrogen and oxygen atoms in total. The molecule has 1 aliphatic rings. The minimum absolute atomic E-state index is 0.268. The number of nitrogens with zero attached hydrogens (tertiary/aromatic N) is 2. The highest BCUT2D eigenvalue weighted by Gasteiger charge is 2.36. The number of halogens is 1. The molecule has 1 aliphatic heterocycles. The van der Waals surface area contributed by atoms with E-state index >= 15 is 0 Å². The van der Waals surface area contributed by atoms with E-state index in [1.807, 2.05) is 61.7 Å². The summed E-state index contributed by atoms with van der Waals surface area (Å²) in [4.78, 5) is 39.6. The van der Waals surface area contributed by atoms with Gasteiger partial charge in [-0.05, 0) is 66.7 Å². The number of para-hydroxylation sites is 1. The highest BCUT2D eigenvalue weighted by atomic mass is 35.5. The summed E-state index contributed by atoms with van der Waals surface area (Å²) < 4.78 is 7.47. The molecule has 0 aliphatic carbocycles. The molecule has 1 aromatic heterocycles. The lowest BCUT2D eigenvalue weighted by molar-refractivity contribution is -0.127. The van der Waals surface area contributed by atoms with Gasteiger partial charge in [-0.25, -0.2) is 0 Å². The summed E-state index contributed by atoms with van der Waals surface area (Å²) in [6, 6.07) is 22.4. The molecule has 1 N–H and O–H groups in total. The van der Waals surface area contributed by atoms with E-state index in [2.05, 4.69) is 9.88 Å². The van der Waals surface area contributed by atoms with Crippen molar-refractivity contribution in [1.29, 1.82) is 0 Å². The van der Waals surface area contributed by atoms with Crippen LogP contribution in [0.3, 0.4) is 0 Å². The topological polar surface area (TPSA) is 80.6 Å². The van der Waals surface area contributed by atoms with Crippen LogP contribution in [0.1, 0.15) is 18.1 Å². The van der Waals surface area contributed by atoms with Gasteiger partial charge in [-0.3, -0.25) is 19.3 Å². The average Bonchev–Trinajstić information content (AvgIpc) is 3.38. The van der Waals surface area contributed by atoms with E-state index in [4.69, 9.17) is 16.3 Å². The van der Waals surface area contributed by atoms with Crippen LogP contribution in [-0.4, -0.2) is 39.7 Å². The number of carbonyl (C=O) groups is 3. The molecule has 3 amide bonds. The number of hydrogen-bond donors (Lipinski definition) is 1. The molecule has 38 heavy (non-hydrogen) atoms. The zero-order chi connectivity index (χ0) is 26.6. The zero-order valence-electron chi connectivity index (χ0n) is 20.5. The smallest absolute Gasteiger partial charge is 0.294 e. The van der Waals surface area contributed by atoms with Crippen molar-refractivity contribution in [2.45, 2.75) is 13.5 Å². The van der Waals surface area contributed by atoms with Crippen molar-refractivity contribution in [2.24, 2.45) is 0 Å². The van der Waals surface area contributed by atoms with E-state index in [9.17, 15) is 14.4 Å². The van der Waals surface area contributed by atoms with Gasteiger partial charge >= 0.3 is 0 Å². The maximum absolute atomic E-state index is 13.1. The molecule has 9 heteroatoms. The summed E-state index contributed by atoms with van der Waals surface area (Å²) in [7, 11) is 0. The third-order valence-corrected chi connectivity index (χ3v) is 7.31. The van der Waals surface area contributed by atoms with Crippen molar-refractivity contribution >= 4 is 63.1 Å². The molecule has 3 aromatic carbocycles. The summed E-state index contributed by atoms with van der Waals surface area (Å²) >= 11 is 7.21. The molecule has 0 unspecified atom stereocenters. The second-order valence-corrected chi connectivity index (χ2v) is 9.99. The Morgan fingerprint density at radius 3 is 2.53 bits per heavy atom. The summed E-state index contributed by atoms with van der Waals surface area (Å²) in [6.45, 7) is 2.62. The number of thioether (sulfide) groups is 1. The lowest BCUT2D eigenvalue weighted by Gasteiger charge is -2.12. The quantitative estimate of drug-likeness (QED) is 0.258. The normalized spacial score (nSPS) is 14.5. The minimum atomic E-state index is -0.496. The van der Waals surface area contributed by atoms with Gasteiger partial charge in [0.15, 0.2) is 0 Å². The van der Waals surface area contributed by atoms with E-state index in [0.29, 0.717) is 29.6 Å². The summed E-state index contributed by atoms with van der Waals surface area (Å²) in [6.07, 6.45) is 3.65. The second-order valence-electron chi connectivity index (χ2n) is 8.59. The highest BCUT2D eigenvalue weighted by Crippen LogP contribution is 2.34. The third kappa shape index (κ3) is 5.46. The predicted molar refractivity (Wildman–Crippen MR) is 151 cm³/mol. The number of carbonyl (C=O) groups excluding carboxylic acids is 3. The van der Waals surface area contributed by atoms with Gasteiger partial charge in [0.05, 0.1) is 11.5 Å². The SMILES string of the molecule is CCOc1ccc(NC(=O)CN2C(=O)S/C(=C/c3cn(Cc4ccccc4Cl)c4ccccc34)C2=O)cc1. The van der Waals surface area contributed by atoms with Crippen molar-refractivity contribution in [1.82, 2.24) is 9.47 Å². The van der Waals surface area contributed by atoms with Gasteiger partial charge < -0.3 is 14.6 Å². The van der Waals surface area contributed by atoms with Crippen LogP contribution in [-0.2, 0) is 16.1 Å². The van der Waals surface area contributed by atoms with Crippen LogP contribution >= 0.6 is 23.4 Å². The number of hydrogen-bond acceptors (Lipinski definition) is 5. The Labute approximate surface area is 229 Å². The van der Waals surface area contributed by atoms with E-state index in [1.165, 1.54) is 0 Å². The Hall–Kier alpha value is -4.01. The Morgan fingerprint density at radius 1 is 1.03 bits per heavy atom. The van der Waals surface area contributed by atoms with Crippen molar-refractivity contribution in [3.8, 4) is 5.75 Å². The number of imide groups is 1. The molecule has 4 aromatic rings. The van der Waals surface area contributed by atoms with E-state index in [-0.39, 0.29) is 11.4 Å². The summed E-state index contributed by atoms with van der Waals surface area (Å²) in [5.74, 6) is -0.270. The lowest BCUT2D eigenvalue weighted by Crippen LogP contribution is -2.36. The van der Waals surface area contributed by atoms with Crippen LogP contribution in [0, 0.1) is 0 Å². The third-order valence-electron chi connectivity index (χ3n) is 6.03. The molecule has 1 fully saturated rings. The molecule has 1 saturated heterocycles. The summed E-state index contributed by atoms with van der Waals surface area (Å²) in [5.41, 5.74) is 3.30. The first-order valence-corrected chi connectivity index (χ1v) is 13.2. The standard InChI is InChI=1S/C29H24ClN3O4S/c1-2-37-22-13-11-21(12-14-22)31-27(34)18-33-28(35)26(38-29(33)36)15-20-17-32(25-10-6-4-8-23(20)25)16-19-7-3-5-9-24(19)30/h3-15,17H,2,16,18H2,1H3,(H,31,34)/b26-15+. The average molecular weight is 546 g/mol. The first kappa shape index (κ1) is 25.6. The Kier molecular flexibility index (Phi) is 7.53. The Bertz CT molecular complexity index is 1560. The molecule has 0 radical (unpaired) electrons. The molecule has 0 spiro atoms. The number of ether oxygens (including phenoxy) is 1. The first-order chi connectivity index (χ1) is 18.4. The zero-order valence-corrected chi connectivity index (χ0v) is 22.1. The molecule has 2 heterocycles. The van der Waals surface area contributed by atoms with Crippen LogP contribution in [0.5, 0.6) is 5.75 Å². The number of nitrogens with one attached hydrogen (secondary N) is 1. The largest absolute Gasteiger partial charge is 0.494 e. The molecular weight excluding hydrogens is 522 g/mol. The van der Waals surface area contributed by atoms with Gasteiger partial charge in [0.25, 0.3) is 11.1 Å². The molecule has 5 rings (SSSR count). The van der Waals surface area contributed by atoms with Gasteiger partial charge in [-0.15, -0.1) is 0 Å². The van der Waals surface area contributed by atoms with E-state index < -0.39 is 17.1 Å². The van der Waals surface area contributed by atoms with Crippen molar-refractivity contribution in [3.63, 3.8) is 0 Å². The number of benzene rings is 3. The fourth-order valence-electron chi connectivity index (χ4n) is 4.25. The van der Waals surface area contributed by atoms with Gasteiger partial charge in [-0.1, -0.05) is 48.0 Å². The Morgan fingerprint density at radius 2 is 1.76 bits per heavy atom. The van der Waals surface area contributed by atoms with Gasteiger partial charge in [0.2, 0.25) is 5.91 Å². The van der Waals surface area contributed by atoms with Gasteiger partial charge in [-0.2, -0.15) is 0 Å². The maximum Gasteiger partial charge on any atom is 0.294 e. The molecule has 0 atom stereocenters. The van der Waals surface area contributed by atoms with Crippen LogP contribution in [0.4, 0.5) is 10.5 Å². The van der Waals surface area contributed by atoms with E-state index in [0.717, 1.165) is 38.7 Å². The van der Waals surface area contributed by atoms with Crippen LogP contribution in [0.25, 0.3) is 17.0 Å². The fraction of sp³-hybridized carbons (Fsp3) is 0.138. The van der Waals surface area contributed by atoms with E-state index in [1.54, 1.807) is 30.3 Å². The number of rotatable bonds is 8. The fourth-order valence-corrected chi connectivity index (χ4v) is 5.28. The van der Waals surface area contributed by atoms with Gasteiger partial charge in [0.1, 0.15) is 12.3 Å². The number of amides is 3. The summed E-state index contributed by atoms with van der Waals surface area (Å²) in [5, 5.41) is 3.85. The Balaban J connectivity index is 1.33. The number of fused-ring (bicyclic) bond motifs is 1. The van der Waals surface area contributed by atoms with Crippen molar-refractivity contribution in [2.75, 3.05) is 18.5 Å². The monoisotopic (exact) mass is 545 g/mol. The number of anilines is 1. The lowest BCUT2D eigenvalue weighted by atomic mass is 10.1. The van der Waals surface area contributed by atoms with Crippen LogP contribution < -0.4 is 10.1 Å². The van der Waals surface area contributed by atoms with Crippen molar-refractivity contribution < 1.29 is 19.1 Å². The highest BCUT2D eigenvalue weighted by molar-refractivity contribution is 8.18. The first-order valence-electron chi connectivity index (χ1n) is 12.0. The van der Waals surface area contributed by atoms with Crippen LogP contribution in [0.15, 0.2) is 83.9 Å².